The summed E-state index contributed by atoms with van der Waals surface area (Å²) in [7, 11) is 4.82. The number of benzene rings is 2. The summed E-state index contributed by atoms with van der Waals surface area (Å²) in [5, 5.41) is 3.03. The maximum Gasteiger partial charge on any atom is 0.193 e. The average molecular weight is 443 g/mol. The minimum absolute atomic E-state index is 0. The van der Waals surface area contributed by atoms with E-state index in [-0.39, 0.29) is 24.0 Å². The van der Waals surface area contributed by atoms with Crippen molar-refractivity contribution in [2.75, 3.05) is 26.6 Å². The maximum atomic E-state index is 5.91. The largest absolute Gasteiger partial charge is 0.497 e. The third kappa shape index (κ3) is 5.48. The fourth-order valence-corrected chi connectivity index (χ4v) is 2.01. The Bertz CT molecular complexity index is 675. The Kier molecular flexibility index (Phi) is 8.17. The highest BCUT2D eigenvalue weighted by molar-refractivity contribution is 14.0. The lowest BCUT2D eigenvalue weighted by Gasteiger charge is -2.11. The van der Waals surface area contributed by atoms with Crippen LogP contribution in [0, 0.1) is 0 Å². The molecule has 0 atom stereocenters. The van der Waals surface area contributed by atoms with Gasteiger partial charge in [0, 0.05) is 11.8 Å². The fraction of sp³-hybridized carbons (Fsp3) is 0.235. The molecule has 0 unspecified atom stereocenters. The van der Waals surface area contributed by atoms with Crippen LogP contribution in [0.15, 0.2) is 47.5 Å². The lowest BCUT2D eigenvalue weighted by molar-refractivity contribution is 0.355. The molecule has 7 heteroatoms. The van der Waals surface area contributed by atoms with E-state index in [1.807, 2.05) is 30.3 Å². The molecule has 0 aliphatic rings. The van der Waals surface area contributed by atoms with Crippen LogP contribution in [-0.2, 0) is 6.54 Å². The summed E-state index contributed by atoms with van der Waals surface area (Å²) >= 11 is 0. The normalized spacial score (nSPS) is 10.5. The molecule has 0 radical (unpaired) electrons. The van der Waals surface area contributed by atoms with Crippen LogP contribution in [0.4, 0.5) is 5.69 Å². The maximum absolute atomic E-state index is 5.91. The van der Waals surface area contributed by atoms with Crippen molar-refractivity contribution in [1.82, 2.24) is 0 Å². The predicted molar refractivity (Wildman–Crippen MR) is 107 cm³/mol. The number of ether oxygens (including phenoxy) is 3. The van der Waals surface area contributed by atoms with Gasteiger partial charge >= 0.3 is 0 Å². The number of guanidine groups is 1. The van der Waals surface area contributed by atoms with Gasteiger partial charge in [-0.3, -0.25) is 0 Å². The molecule has 0 spiro atoms. The first-order chi connectivity index (χ1) is 11.2. The van der Waals surface area contributed by atoms with Crippen molar-refractivity contribution < 1.29 is 14.2 Å². The van der Waals surface area contributed by atoms with Gasteiger partial charge in [-0.1, -0.05) is 12.1 Å². The van der Waals surface area contributed by atoms with Crippen molar-refractivity contribution in [1.29, 1.82) is 0 Å². The van der Waals surface area contributed by atoms with E-state index in [1.165, 1.54) is 0 Å². The number of halogens is 1. The van der Waals surface area contributed by atoms with Crippen LogP contribution in [0.2, 0.25) is 0 Å². The second-order valence-corrected chi connectivity index (χ2v) is 4.74. The molecule has 24 heavy (non-hydrogen) atoms. The average Bonchev–Trinajstić information content (AvgIpc) is 2.60. The molecule has 0 amide bonds. The number of methoxy groups -OCH3 is 3. The smallest absolute Gasteiger partial charge is 0.193 e. The van der Waals surface area contributed by atoms with Gasteiger partial charge in [-0.15, -0.1) is 24.0 Å². The van der Waals surface area contributed by atoms with Gasteiger partial charge in [-0.25, -0.2) is 4.99 Å². The van der Waals surface area contributed by atoms with E-state index in [0.29, 0.717) is 24.0 Å². The third-order valence-corrected chi connectivity index (χ3v) is 3.25. The van der Waals surface area contributed by atoms with Crippen LogP contribution in [0.3, 0.4) is 0 Å². The number of rotatable bonds is 6. The molecular weight excluding hydrogens is 421 g/mol. The summed E-state index contributed by atoms with van der Waals surface area (Å²) < 4.78 is 15.6. The number of nitrogens with one attached hydrogen (secondary N) is 1. The van der Waals surface area contributed by atoms with E-state index >= 15 is 0 Å². The monoisotopic (exact) mass is 443 g/mol. The van der Waals surface area contributed by atoms with Crippen molar-refractivity contribution in [3.8, 4) is 17.2 Å². The molecule has 0 fully saturated rings. The highest BCUT2D eigenvalue weighted by Crippen LogP contribution is 2.29. The van der Waals surface area contributed by atoms with Gasteiger partial charge in [0.25, 0.3) is 0 Å². The first-order valence-corrected chi connectivity index (χ1v) is 7.08. The third-order valence-electron chi connectivity index (χ3n) is 3.25. The summed E-state index contributed by atoms with van der Waals surface area (Å²) in [5.41, 5.74) is 7.73. The Balaban J connectivity index is 0.00000288. The van der Waals surface area contributed by atoms with Crippen LogP contribution in [-0.4, -0.2) is 27.3 Å². The quantitative estimate of drug-likeness (QED) is 0.407. The van der Waals surface area contributed by atoms with E-state index in [0.717, 1.165) is 17.0 Å². The number of nitrogens with zero attached hydrogens (tertiary/aromatic N) is 1. The molecule has 0 aromatic heterocycles. The van der Waals surface area contributed by atoms with Gasteiger partial charge in [0.05, 0.1) is 27.9 Å². The van der Waals surface area contributed by atoms with E-state index < -0.39 is 0 Å². The minimum atomic E-state index is 0. The Hall–Kier alpha value is -2.16. The first kappa shape index (κ1) is 19.9. The Morgan fingerprint density at radius 1 is 0.958 bits per heavy atom. The van der Waals surface area contributed by atoms with Crippen molar-refractivity contribution >= 4 is 35.6 Å². The predicted octanol–water partition coefficient (Wildman–Crippen LogP) is 3.26. The zero-order valence-electron chi connectivity index (χ0n) is 13.9. The lowest BCUT2D eigenvalue weighted by atomic mass is 10.2. The summed E-state index contributed by atoms with van der Waals surface area (Å²) in [6.07, 6.45) is 0. The number of aliphatic imine (C=N–C) groups is 1. The highest BCUT2D eigenvalue weighted by Gasteiger charge is 2.05. The van der Waals surface area contributed by atoms with Crippen molar-refractivity contribution in [2.24, 2.45) is 10.7 Å². The fourth-order valence-electron chi connectivity index (χ4n) is 2.01. The summed E-state index contributed by atoms with van der Waals surface area (Å²) in [6, 6.07) is 13.1. The molecule has 6 nitrogen and oxygen atoms in total. The summed E-state index contributed by atoms with van der Waals surface area (Å²) in [5.74, 6) is 2.43. The molecule has 0 aliphatic carbocycles. The van der Waals surface area contributed by atoms with Crippen LogP contribution in [0.5, 0.6) is 17.2 Å². The molecule has 0 aliphatic heterocycles. The lowest BCUT2D eigenvalue weighted by Crippen LogP contribution is -2.22. The Morgan fingerprint density at radius 2 is 1.62 bits per heavy atom. The van der Waals surface area contributed by atoms with E-state index in [9.17, 15) is 0 Å². The number of hydrogen-bond acceptors (Lipinski definition) is 4. The van der Waals surface area contributed by atoms with Crippen LogP contribution >= 0.6 is 24.0 Å². The second kappa shape index (κ2) is 9.86. The molecule has 0 saturated carbocycles. The molecule has 130 valence electrons. The topological polar surface area (TPSA) is 78.1 Å². The van der Waals surface area contributed by atoms with Crippen LogP contribution in [0.25, 0.3) is 0 Å². The molecule has 3 N–H and O–H groups in total. The zero-order valence-corrected chi connectivity index (χ0v) is 16.2. The van der Waals surface area contributed by atoms with Crippen molar-refractivity contribution in [3.63, 3.8) is 0 Å². The summed E-state index contributed by atoms with van der Waals surface area (Å²) in [6.45, 7) is 0.482. The number of nitrogens with two attached hydrogens (primary N) is 1. The highest BCUT2D eigenvalue weighted by atomic mass is 127. The SMILES string of the molecule is COc1ccc(CN=C(N)Nc2ccc(OC)c(OC)c2)cc1.I. The Morgan fingerprint density at radius 3 is 2.21 bits per heavy atom. The minimum Gasteiger partial charge on any atom is -0.497 e. The second-order valence-electron chi connectivity index (χ2n) is 4.74. The van der Waals surface area contributed by atoms with Gasteiger partial charge in [0.2, 0.25) is 0 Å². The zero-order chi connectivity index (χ0) is 16.7. The van der Waals surface area contributed by atoms with Crippen LogP contribution in [0.1, 0.15) is 5.56 Å². The number of anilines is 1. The van der Waals surface area contributed by atoms with E-state index in [1.54, 1.807) is 33.5 Å². The van der Waals surface area contributed by atoms with Gasteiger partial charge < -0.3 is 25.3 Å². The first-order valence-electron chi connectivity index (χ1n) is 7.08. The summed E-state index contributed by atoms with van der Waals surface area (Å²) in [4.78, 5) is 4.31. The van der Waals surface area contributed by atoms with Gasteiger partial charge in [-0.05, 0) is 29.8 Å². The molecule has 2 aromatic rings. The molecule has 0 heterocycles. The van der Waals surface area contributed by atoms with Gasteiger partial charge in [0.1, 0.15) is 5.75 Å². The standard InChI is InChI=1S/C17H21N3O3.HI/c1-21-14-7-4-12(5-8-14)11-19-17(18)20-13-6-9-15(22-2)16(10-13)23-3;/h4-10H,11H2,1-3H3,(H3,18,19,20);1H. The van der Waals surface area contributed by atoms with E-state index in [4.69, 9.17) is 19.9 Å². The van der Waals surface area contributed by atoms with E-state index in [2.05, 4.69) is 10.3 Å². The van der Waals surface area contributed by atoms with Crippen molar-refractivity contribution in [2.45, 2.75) is 6.54 Å². The number of hydrogen-bond donors (Lipinski definition) is 2. The molecule has 0 bridgehead atoms. The van der Waals surface area contributed by atoms with Gasteiger partial charge in [-0.2, -0.15) is 0 Å². The molecular formula is C17H22IN3O3. The molecule has 2 aromatic carbocycles. The van der Waals surface area contributed by atoms with Crippen LogP contribution < -0.4 is 25.3 Å². The van der Waals surface area contributed by atoms with Gasteiger partial charge in [0.15, 0.2) is 17.5 Å². The van der Waals surface area contributed by atoms with Crippen molar-refractivity contribution in [3.05, 3.63) is 48.0 Å². The molecule has 2 rings (SSSR count). The Labute approximate surface area is 159 Å². The molecule has 0 saturated heterocycles.